The molecule has 190 valence electrons. The number of hydrogen-bond acceptors (Lipinski definition) is 4. The minimum absolute atomic E-state index is 0.0512. The average Bonchev–Trinajstić information content (AvgIpc) is 3.28. The molecule has 1 aliphatic heterocycles. The molecular formula is C26H41N3O5. The van der Waals surface area contributed by atoms with Crippen molar-refractivity contribution in [1.29, 1.82) is 0 Å². The number of hydrogen-bond donors (Lipinski definition) is 3. The highest BCUT2D eigenvalue weighted by Crippen LogP contribution is 2.45. The first-order valence-corrected chi connectivity index (χ1v) is 12.7. The summed E-state index contributed by atoms with van der Waals surface area (Å²) < 4.78 is 0. The van der Waals surface area contributed by atoms with E-state index in [-0.39, 0.29) is 35.5 Å². The fraction of sp³-hybridized carbons (Fsp3) is 0.769. The third-order valence-electron chi connectivity index (χ3n) is 7.62. The lowest BCUT2D eigenvalue weighted by Gasteiger charge is -2.34. The van der Waals surface area contributed by atoms with Crippen LogP contribution in [0.2, 0.25) is 0 Å². The molecule has 0 radical (unpaired) electrons. The largest absolute Gasteiger partial charge is 0.479 e. The molecule has 3 N–H and O–H groups in total. The van der Waals surface area contributed by atoms with E-state index in [1.54, 1.807) is 11.0 Å². The molecule has 0 aromatic heterocycles. The minimum atomic E-state index is -1.31. The second kappa shape index (κ2) is 10.5. The van der Waals surface area contributed by atoms with Gasteiger partial charge in [0.15, 0.2) is 0 Å². The zero-order valence-corrected chi connectivity index (χ0v) is 20.9. The number of carbonyl (C=O) groups is 4. The van der Waals surface area contributed by atoms with Gasteiger partial charge in [0.2, 0.25) is 17.7 Å². The molecule has 2 saturated carbocycles. The number of likely N-dealkylation sites (tertiary alicyclic amines) is 1. The SMILES string of the molecule is C=CC1C[C@]1(NC(=O)[C@@H]1CCCN1C(=O)[C@@H](CC(=O)NCC(C)(C)C)C1CCCCC1)C(=O)O. The van der Waals surface area contributed by atoms with Gasteiger partial charge in [0.25, 0.3) is 0 Å². The van der Waals surface area contributed by atoms with E-state index in [0.29, 0.717) is 32.4 Å². The van der Waals surface area contributed by atoms with Gasteiger partial charge in [0, 0.05) is 31.3 Å². The van der Waals surface area contributed by atoms with Crippen molar-refractivity contribution in [1.82, 2.24) is 15.5 Å². The van der Waals surface area contributed by atoms with Crippen LogP contribution in [-0.4, -0.2) is 58.4 Å². The van der Waals surface area contributed by atoms with Crippen LogP contribution in [0.15, 0.2) is 12.7 Å². The standard InChI is InChI=1S/C26H41N3O5/c1-5-18-15-26(18,24(33)34)28-22(31)20-12-9-13-29(20)23(32)19(17-10-7-6-8-11-17)14-21(30)27-16-25(2,3)4/h5,17-20H,1,6-16H2,2-4H3,(H,27,30)(H,28,31)(H,33,34)/t18?,19-,20-,26+/m0/s1. The number of aliphatic carboxylic acids is 1. The smallest absolute Gasteiger partial charge is 0.330 e. The van der Waals surface area contributed by atoms with Crippen LogP contribution in [0.1, 0.15) is 78.6 Å². The highest BCUT2D eigenvalue weighted by molar-refractivity contribution is 5.95. The Morgan fingerprint density at radius 1 is 1.12 bits per heavy atom. The molecule has 3 fully saturated rings. The average molecular weight is 476 g/mol. The maximum Gasteiger partial charge on any atom is 0.330 e. The number of nitrogens with one attached hydrogen (secondary N) is 2. The van der Waals surface area contributed by atoms with Crippen LogP contribution in [-0.2, 0) is 19.2 Å². The van der Waals surface area contributed by atoms with Gasteiger partial charge in [-0.1, -0.05) is 46.1 Å². The van der Waals surface area contributed by atoms with Crippen LogP contribution in [0.25, 0.3) is 0 Å². The Morgan fingerprint density at radius 2 is 1.79 bits per heavy atom. The number of nitrogens with zero attached hydrogens (tertiary/aromatic N) is 1. The first-order chi connectivity index (χ1) is 16.0. The van der Waals surface area contributed by atoms with Crippen molar-refractivity contribution in [3.8, 4) is 0 Å². The minimum Gasteiger partial charge on any atom is -0.479 e. The topological polar surface area (TPSA) is 116 Å². The van der Waals surface area contributed by atoms with Crippen LogP contribution >= 0.6 is 0 Å². The van der Waals surface area contributed by atoms with E-state index in [2.05, 4.69) is 17.2 Å². The van der Waals surface area contributed by atoms with Gasteiger partial charge >= 0.3 is 5.97 Å². The number of amides is 3. The van der Waals surface area contributed by atoms with Gasteiger partial charge in [-0.05, 0) is 43.4 Å². The van der Waals surface area contributed by atoms with Crippen molar-refractivity contribution in [3.05, 3.63) is 12.7 Å². The molecule has 1 saturated heterocycles. The van der Waals surface area contributed by atoms with Crippen LogP contribution in [0, 0.1) is 23.2 Å². The molecule has 3 amide bonds. The Labute approximate surface area is 202 Å². The van der Waals surface area contributed by atoms with Crippen LogP contribution < -0.4 is 10.6 Å². The van der Waals surface area contributed by atoms with E-state index in [1.165, 1.54) is 0 Å². The lowest BCUT2D eigenvalue weighted by atomic mass is 9.77. The fourth-order valence-corrected chi connectivity index (χ4v) is 5.46. The van der Waals surface area contributed by atoms with Gasteiger partial charge < -0.3 is 20.6 Å². The predicted molar refractivity (Wildman–Crippen MR) is 129 cm³/mol. The number of carboxylic acids is 1. The predicted octanol–water partition coefficient (Wildman–Crippen LogP) is 2.87. The lowest BCUT2D eigenvalue weighted by molar-refractivity contribution is -0.147. The van der Waals surface area contributed by atoms with Gasteiger partial charge in [-0.3, -0.25) is 14.4 Å². The van der Waals surface area contributed by atoms with Crippen LogP contribution in [0.5, 0.6) is 0 Å². The van der Waals surface area contributed by atoms with Gasteiger partial charge in [-0.15, -0.1) is 6.58 Å². The van der Waals surface area contributed by atoms with E-state index >= 15 is 0 Å². The molecule has 1 unspecified atom stereocenters. The summed E-state index contributed by atoms with van der Waals surface area (Å²) in [5, 5.41) is 15.3. The molecular weight excluding hydrogens is 434 g/mol. The van der Waals surface area contributed by atoms with Crippen molar-refractivity contribution < 1.29 is 24.3 Å². The third-order valence-corrected chi connectivity index (χ3v) is 7.62. The first kappa shape index (κ1) is 26.2. The highest BCUT2D eigenvalue weighted by atomic mass is 16.4. The van der Waals surface area contributed by atoms with Gasteiger partial charge in [-0.2, -0.15) is 0 Å². The molecule has 1 heterocycles. The molecule has 3 rings (SSSR count). The number of carboxylic acid groups (broad SMARTS) is 1. The Balaban J connectivity index is 1.72. The second-order valence-corrected chi connectivity index (χ2v) is 11.5. The van der Waals surface area contributed by atoms with Crippen LogP contribution in [0.3, 0.4) is 0 Å². The summed E-state index contributed by atoms with van der Waals surface area (Å²) in [5.74, 6) is -2.39. The number of carbonyl (C=O) groups excluding carboxylic acids is 3. The van der Waals surface area contributed by atoms with Crippen molar-refractivity contribution in [3.63, 3.8) is 0 Å². The highest BCUT2D eigenvalue weighted by Gasteiger charge is 2.61. The van der Waals surface area contributed by atoms with E-state index in [0.717, 1.165) is 32.1 Å². The Hall–Kier alpha value is -2.38. The molecule has 0 aromatic carbocycles. The van der Waals surface area contributed by atoms with Gasteiger partial charge in [0.05, 0.1) is 0 Å². The Bertz CT molecular complexity index is 814. The van der Waals surface area contributed by atoms with Crippen LogP contribution in [0.4, 0.5) is 0 Å². The summed E-state index contributed by atoms with van der Waals surface area (Å²) in [6.07, 6.45) is 8.25. The van der Waals surface area contributed by atoms with Crippen molar-refractivity contribution in [2.24, 2.45) is 23.2 Å². The fourth-order valence-electron chi connectivity index (χ4n) is 5.46. The van der Waals surface area contributed by atoms with Crippen molar-refractivity contribution in [2.45, 2.75) is 90.1 Å². The maximum atomic E-state index is 13.8. The van der Waals surface area contributed by atoms with Gasteiger partial charge in [0.1, 0.15) is 11.6 Å². The quantitative estimate of drug-likeness (QED) is 0.444. The molecule has 4 atom stereocenters. The molecule has 3 aliphatic rings. The van der Waals surface area contributed by atoms with Crippen molar-refractivity contribution in [2.75, 3.05) is 13.1 Å². The lowest BCUT2D eigenvalue weighted by Crippen LogP contribution is -2.54. The summed E-state index contributed by atoms with van der Waals surface area (Å²) in [7, 11) is 0. The Kier molecular flexibility index (Phi) is 8.09. The molecule has 8 nitrogen and oxygen atoms in total. The monoisotopic (exact) mass is 475 g/mol. The summed E-state index contributed by atoms with van der Waals surface area (Å²) in [6.45, 7) is 10.8. The summed E-state index contributed by atoms with van der Waals surface area (Å²) in [4.78, 5) is 53.1. The summed E-state index contributed by atoms with van der Waals surface area (Å²) in [6, 6.07) is -0.696. The Morgan fingerprint density at radius 3 is 2.35 bits per heavy atom. The molecule has 34 heavy (non-hydrogen) atoms. The normalized spacial score (nSPS) is 28.1. The molecule has 0 aromatic rings. The van der Waals surface area contributed by atoms with E-state index in [4.69, 9.17) is 0 Å². The molecule has 0 bridgehead atoms. The van der Waals surface area contributed by atoms with Crippen molar-refractivity contribution >= 4 is 23.7 Å². The zero-order valence-electron chi connectivity index (χ0n) is 20.9. The maximum absolute atomic E-state index is 13.8. The third kappa shape index (κ3) is 5.99. The van der Waals surface area contributed by atoms with E-state index in [1.807, 2.05) is 20.8 Å². The molecule has 8 heteroatoms. The zero-order chi connectivity index (χ0) is 25.1. The van der Waals surface area contributed by atoms with Gasteiger partial charge in [-0.25, -0.2) is 4.79 Å². The summed E-state index contributed by atoms with van der Waals surface area (Å²) in [5.41, 5.74) is -1.36. The summed E-state index contributed by atoms with van der Waals surface area (Å²) >= 11 is 0. The molecule has 0 spiro atoms. The first-order valence-electron chi connectivity index (χ1n) is 12.7. The van der Waals surface area contributed by atoms with E-state index < -0.39 is 29.4 Å². The second-order valence-electron chi connectivity index (χ2n) is 11.5. The van der Waals surface area contributed by atoms with E-state index in [9.17, 15) is 24.3 Å². The molecule has 2 aliphatic carbocycles. The number of rotatable bonds is 9.